The van der Waals surface area contributed by atoms with E-state index in [4.69, 9.17) is 0 Å². The van der Waals surface area contributed by atoms with Crippen molar-refractivity contribution in [2.24, 2.45) is 0 Å². The van der Waals surface area contributed by atoms with Crippen LogP contribution in [0.3, 0.4) is 0 Å². The first-order valence-electron chi connectivity index (χ1n) is 5.64. The highest BCUT2D eigenvalue weighted by Gasteiger charge is 2.07. The number of non-ortho nitro benzene ring substituents is 1. The van der Waals surface area contributed by atoms with Crippen molar-refractivity contribution in [1.29, 1.82) is 0 Å². The van der Waals surface area contributed by atoms with Gasteiger partial charge < -0.3 is 10.2 Å². The minimum atomic E-state index is -0.371. The SMILES string of the molecule is Cc1ccc([N+](=O)[O-])cc1NCCCN(C)C. The van der Waals surface area contributed by atoms with Gasteiger partial charge in [-0.3, -0.25) is 10.1 Å². The van der Waals surface area contributed by atoms with Crippen LogP contribution in [0.25, 0.3) is 0 Å². The average molecular weight is 237 g/mol. The second-order valence-electron chi connectivity index (χ2n) is 4.34. The molecule has 0 aliphatic rings. The maximum absolute atomic E-state index is 10.7. The van der Waals surface area contributed by atoms with E-state index in [1.807, 2.05) is 21.0 Å². The van der Waals surface area contributed by atoms with Crippen LogP contribution in [-0.2, 0) is 0 Å². The number of nitrogens with zero attached hydrogens (tertiary/aromatic N) is 2. The van der Waals surface area contributed by atoms with Gasteiger partial charge in [0.25, 0.3) is 5.69 Å². The molecule has 5 heteroatoms. The third-order valence-electron chi connectivity index (χ3n) is 2.53. The van der Waals surface area contributed by atoms with Crippen molar-refractivity contribution in [1.82, 2.24) is 4.90 Å². The predicted octanol–water partition coefficient (Wildman–Crippen LogP) is 2.27. The van der Waals surface area contributed by atoms with Crippen LogP contribution in [-0.4, -0.2) is 37.0 Å². The van der Waals surface area contributed by atoms with Crippen LogP contribution in [0.4, 0.5) is 11.4 Å². The van der Waals surface area contributed by atoms with Crippen LogP contribution in [0, 0.1) is 17.0 Å². The van der Waals surface area contributed by atoms with Gasteiger partial charge in [0.05, 0.1) is 4.92 Å². The molecule has 0 spiro atoms. The molecule has 1 N–H and O–H groups in total. The van der Waals surface area contributed by atoms with E-state index < -0.39 is 0 Å². The molecule has 0 bridgehead atoms. The lowest BCUT2D eigenvalue weighted by molar-refractivity contribution is -0.384. The zero-order valence-corrected chi connectivity index (χ0v) is 10.6. The highest BCUT2D eigenvalue weighted by atomic mass is 16.6. The summed E-state index contributed by atoms with van der Waals surface area (Å²) in [6.45, 7) is 3.76. The number of rotatable bonds is 6. The number of benzene rings is 1. The molecule has 0 saturated heterocycles. The van der Waals surface area contributed by atoms with Crippen molar-refractivity contribution in [2.45, 2.75) is 13.3 Å². The van der Waals surface area contributed by atoms with E-state index in [1.165, 1.54) is 6.07 Å². The van der Waals surface area contributed by atoms with Gasteiger partial charge in [-0.2, -0.15) is 0 Å². The van der Waals surface area contributed by atoms with Gasteiger partial charge in [0, 0.05) is 24.4 Å². The van der Waals surface area contributed by atoms with E-state index in [0.717, 1.165) is 30.8 Å². The Hall–Kier alpha value is -1.62. The molecule has 0 aliphatic heterocycles. The van der Waals surface area contributed by atoms with E-state index in [-0.39, 0.29) is 10.6 Å². The zero-order valence-electron chi connectivity index (χ0n) is 10.6. The minimum Gasteiger partial charge on any atom is -0.385 e. The highest BCUT2D eigenvalue weighted by molar-refractivity contribution is 5.56. The van der Waals surface area contributed by atoms with E-state index >= 15 is 0 Å². The molecule has 0 radical (unpaired) electrons. The molecule has 17 heavy (non-hydrogen) atoms. The molecular formula is C12H19N3O2. The van der Waals surface area contributed by atoms with E-state index in [2.05, 4.69) is 10.2 Å². The van der Waals surface area contributed by atoms with Crippen LogP contribution >= 0.6 is 0 Å². The molecular weight excluding hydrogens is 218 g/mol. The summed E-state index contributed by atoms with van der Waals surface area (Å²) >= 11 is 0. The van der Waals surface area contributed by atoms with Gasteiger partial charge in [-0.15, -0.1) is 0 Å². The molecule has 0 atom stereocenters. The van der Waals surface area contributed by atoms with Crippen LogP contribution in [0.5, 0.6) is 0 Å². The molecule has 1 rings (SSSR count). The van der Waals surface area contributed by atoms with Crippen LogP contribution in [0.1, 0.15) is 12.0 Å². The van der Waals surface area contributed by atoms with Crippen molar-refractivity contribution in [3.63, 3.8) is 0 Å². The fourth-order valence-electron chi connectivity index (χ4n) is 1.53. The molecule has 5 nitrogen and oxygen atoms in total. The zero-order chi connectivity index (χ0) is 12.8. The highest BCUT2D eigenvalue weighted by Crippen LogP contribution is 2.21. The van der Waals surface area contributed by atoms with Crippen LogP contribution < -0.4 is 5.32 Å². The Labute approximate surface area is 102 Å². The first-order chi connectivity index (χ1) is 8.00. The Balaban J connectivity index is 2.57. The standard InChI is InChI=1S/C12H19N3O2/c1-10-5-6-11(15(16)17)9-12(10)13-7-4-8-14(2)3/h5-6,9,13H,4,7-8H2,1-3H3. The van der Waals surface area contributed by atoms with Crippen molar-refractivity contribution in [3.8, 4) is 0 Å². The van der Waals surface area contributed by atoms with Crippen molar-refractivity contribution in [2.75, 3.05) is 32.5 Å². The molecule has 1 aromatic carbocycles. The predicted molar refractivity (Wildman–Crippen MR) is 69.5 cm³/mol. The second-order valence-corrected chi connectivity index (χ2v) is 4.34. The Bertz CT molecular complexity index is 391. The fraction of sp³-hybridized carbons (Fsp3) is 0.500. The molecule has 0 fully saturated rings. The summed E-state index contributed by atoms with van der Waals surface area (Å²) in [5.41, 5.74) is 2.00. The summed E-state index contributed by atoms with van der Waals surface area (Å²) in [5.74, 6) is 0. The van der Waals surface area contributed by atoms with Gasteiger partial charge in [0.2, 0.25) is 0 Å². The van der Waals surface area contributed by atoms with Crippen LogP contribution in [0.15, 0.2) is 18.2 Å². The molecule has 0 aliphatic carbocycles. The fourth-order valence-corrected chi connectivity index (χ4v) is 1.53. The molecule has 0 aromatic heterocycles. The quantitative estimate of drug-likeness (QED) is 0.468. The van der Waals surface area contributed by atoms with E-state index in [9.17, 15) is 10.1 Å². The maximum Gasteiger partial charge on any atom is 0.271 e. The number of nitro benzene ring substituents is 1. The van der Waals surface area contributed by atoms with Gasteiger partial charge in [0.15, 0.2) is 0 Å². The Kier molecular flexibility index (Phi) is 4.90. The summed E-state index contributed by atoms with van der Waals surface area (Å²) in [5, 5.41) is 13.9. The van der Waals surface area contributed by atoms with Gasteiger partial charge in [-0.1, -0.05) is 6.07 Å². The Morgan fingerprint density at radius 1 is 1.41 bits per heavy atom. The van der Waals surface area contributed by atoms with Gasteiger partial charge >= 0.3 is 0 Å². The topological polar surface area (TPSA) is 58.4 Å². The number of hydrogen-bond donors (Lipinski definition) is 1. The first-order valence-corrected chi connectivity index (χ1v) is 5.64. The molecule has 0 amide bonds. The van der Waals surface area contributed by atoms with Gasteiger partial charge in [-0.25, -0.2) is 0 Å². The number of nitro groups is 1. The van der Waals surface area contributed by atoms with Crippen molar-refractivity contribution in [3.05, 3.63) is 33.9 Å². The van der Waals surface area contributed by atoms with Gasteiger partial charge in [0.1, 0.15) is 0 Å². The largest absolute Gasteiger partial charge is 0.385 e. The molecule has 0 unspecified atom stereocenters. The lowest BCUT2D eigenvalue weighted by Crippen LogP contribution is -2.16. The summed E-state index contributed by atoms with van der Waals surface area (Å²) in [6.07, 6.45) is 1.01. The molecule has 0 saturated carbocycles. The van der Waals surface area contributed by atoms with Crippen molar-refractivity contribution >= 4 is 11.4 Å². The smallest absolute Gasteiger partial charge is 0.271 e. The summed E-state index contributed by atoms with van der Waals surface area (Å²) < 4.78 is 0. The third kappa shape index (κ3) is 4.40. The normalized spacial score (nSPS) is 10.6. The minimum absolute atomic E-state index is 0.130. The van der Waals surface area contributed by atoms with E-state index in [1.54, 1.807) is 12.1 Å². The van der Waals surface area contributed by atoms with Crippen molar-refractivity contribution < 1.29 is 4.92 Å². The second kappa shape index (κ2) is 6.20. The lowest BCUT2D eigenvalue weighted by atomic mass is 10.2. The molecule has 1 aromatic rings. The number of nitrogens with one attached hydrogen (secondary N) is 1. The van der Waals surface area contributed by atoms with Gasteiger partial charge in [-0.05, 0) is 39.5 Å². The Morgan fingerprint density at radius 2 is 2.12 bits per heavy atom. The number of anilines is 1. The monoisotopic (exact) mass is 237 g/mol. The molecule has 94 valence electrons. The lowest BCUT2D eigenvalue weighted by Gasteiger charge is -2.12. The summed E-state index contributed by atoms with van der Waals surface area (Å²) in [4.78, 5) is 12.4. The first kappa shape index (κ1) is 13.4. The summed E-state index contributed by atoms with van der Waals surface area (Å²) in [7, 11) is 4.05. The van der Waals surface area contributed by atoms with Crippen LogP contribution in [0.2, 0.25) is 0 Å². The third-order valence-corrected chi connectivity index (χ3v) is 2.53. The Morgan fingerprint density at radius 3 is 2.71 bits per heavy atom. The van der Waals surface area contributed by atoms with E-state index in [0.29, 0.717) is 0 Å². The maximum atomic E-state index is 10.7. The number of hydrogen-bond acceptors (Lipinski definition) is 4. The average Bonchev–Trinajstić information content (AvgIpc) is 2.25. The number of aryl methyl sites for hydroxylation is 1. The summed E-state index contributed by atoms with van der Waals surface area (Å²) in [6, 6.07) is 4.89. The molecule has 0 heterocycles.